The van der Waals surface area contributed by atoms with Gasteiger partial charge in [0.2, 0.25) is 0 Å². The smallest absolute Gasteiger partial charge is 0.335 e. The molecule has 2 rings (SSSR count). The second-order valence-electron chi connectivity index (χ2n) is 3.16. The number of carboxylic acids is 1. The molecule has 0 aliphatic carbocycles. The highest BCUT2D eigenvalue weighted by molar-refractivity contribution is 9.10. The Hall–Kier alpha value is -1.14. The molecule has 84 valence electrons. The lowest BCUT2D eigenvalue weighted by atomic mass is 10.2. The third-order valence-corrected chi connectivity index (χ3v) is 3.59. The Morgan fingerprint density at radius 2 is 2.38 bits per heavy atom. The van der Waals surface area contributed by atoms with E-state index in [4.69, 9.17) is 5.11 Å². The average Bonchev–Trinajstić information content (AvgIpc) is 2.61. The summed E-state index contributed by atoms with van der Waals surface area (Å²) < 4.78 is 1.57. The van der Waals surface area contributed by atoms with E-state index in [0.29, 0.717) is 4.47 Å². The van der Waals surface area contributed by atoms with Gasteiger partial charge in [-0.2, -0.15) is 0 Å². The lowest BCUT2D eigenvalue weighted by Gasteiger charge is -1.96. The minimum absolute atomic E-state index is 0.270. The van der Waals surface area contributed by atoms with Gasteiger partial charge >= 0.3 is 5.97 Å². The molecule has 0 bridgehead atoms. The van der Waals surface area contributed by atoms with Crippen molar-refractivity contribution in [2.24, 2.45) is 0 Å². The molecule has 0 amide bonds. The van der Waals surface area contributed by atoms with Crippen LogP contribution in [0.5, 0.6) is 0 Å². The van der Waals surface area contributed by atoms with E-state index in [0.717, 1.165) is 21.9 Å². The van der Waals surface area contributed by atoms with Gasteiger partial charge in [-0.15, -0.1) is 0 Å². The maximum Gasteiger partial charge on any atom is 0.335 e. The number of aromatic nitrogens is 1. The van der Waals surface area contributed by atoms with Crippen molar-refractivity contribution >= 4 is 48.6 Å². The van der Waals surface area contributed by atoms with Crippen LogP contribution in [0.25, 0.3) is 10.2 Å². The standard InChI is InChI=1S/C10H9BrN2O2S/c1-2-12-10-13-8-6(11)3-5(9(14)15)4-7(8)16-10/h3-4H,2H2,1H3,(H,12,13)(H,14,15). The van der Waals surface area contributed by atoms with Crippen molar-refractivity contribution < 1.29 is 9.90 Å². The summed E-state index contributed by atoms with van der Waals surface area (Å²) in [6, 6.07) is 3.21. The van der Waals surface area contributed by atoms with Crippen molar-refractivity contribution in [1.82, 2.24) is 4.98 Å². The van der Waals surface area contributed by atoms with E-state index >= 15 is 0 Å². The van der Waals surface area contributed by atoms with Gasteiger partial charge in [0.25, 0.3) is 0 Å². The number of benzene rings is 1. The molecule has 4 nitrogen and oxygen atoms in total. The van der Waals surface area contributed by atoms with E-state index in [9.17, 15) is 4.79 Å². The molecule has 6 heteroatoms. The van der Waals surface area contributed by atoms with Gasteiger partial charge in [0.15, 0.2) is 5.13 Å². The molecular weight excluding hydrogens is 292 g/mol. The number of carboxylic acid groups (broad SMARTS) is 1. The molecule has 0 aliphatic rings. The number of carbonyl (C=O) groups is 1. The maximum atomic E-state index is 10.9. The second kappa shape index (κ2) is 4.39. The van der Waals surface area contributed by atoms with Gasteiger partial charge in [-0.25, -0.2) is 9.78 Å². The highest BCUT2D eigenvalue weighted by atomic mass is 79.9. The molecule has 1 aromatic heterocycles. The molecule has 0 fully saturated rings. The zero-order valence-corrected chi connectivity index (χ0v) is 10.9. The van der Waals surface area contributed by atoms with Crippen LogP contribution >= 0.6 is 27.3 Å². The zero-order valence-electron chi connectivity index (χ0n) is 8.45. The monoisotopic (exact) mass is 300 g/mol. The summed E-state index contributed by atoms with van der Waals surface area (Å²) in [6.07, 6.45) is 0. The Morgan fingerprint density at radius 1 is 1.62 bits per heavy atom. The Kier molecular flexibility index (Phi) is 3.11. The molecule has 1 aromatic carbocycles. The molecule has 16 heavy (non-hydrogen) atoms. The van der Waals surface area contributed by atoms with Crippen LogP contribution in [-0.4, -0.2) is 22.6 Å². The van der Waals surface area contributed by atoms with E-state index in [1.54, 1.807) is 12.1 Å². The van der Waals surface area contributed by atoms with Crippen LogP contribution in [0.15, 0.2) is 16.6 Å². The van der Waals surface area contributed by atoms with Crippen LogP contribution in [0.4, 0.5) is 5.13 Å². The quantitative estimate of drug-likeness (QED) is 0.914. The molecule has 0 unspecified atom stereocenters. The lowest BCUT2D eigenvalue weighted by Crippen LogP contribution is -1.95. The maximum absolute atomic E-state index is 10.9. The highest BCUT2D eigenvalue weighted by Crippen LogP contribution is 2.32. The van der Waals surface area contributed by atoms with Crippen LogP contribution in [0.2, 0.25) is 0 Å². The number of hydrogen-bond donors (Lipinski definition) is 2. The molecular formula is C10H9BrN2O2S. The number of hydrogen-bond acceptors (Lipinski definition) is 4. The van der Waals surface area contributed by atoms with Crippen LogP contribution < -0.4 is 5.32 Å². The van der Waals surface area contributed by atoms with Crippen molar-refractivity contribution in [3.8, 4) is 0 Å². The predicted molar refractivity (Wildman–Crippen MR) is 68.4 cm³/mol. The van der Waals surface area contributed by atoms with Crippen LogP contribution in [-0.2, 0) is 0 Å². The molecule has 0 aliphatic heterocycles. The van der Waals surface area contributed by atoms with Crippen molar-refractivity contribution in [1.29, 1.82) is 0 Å². The molecule has 2 aromatic rings. The van der Waals surface area contributed by atoms with E-state index in [1.165, 1.54) is 11.3 Å². The first-order valence-electron chi connectivity index (χ1n) is 4.69. The van der Waals surface area contributed by atoms with Crippen molar-refractivity contribution in [3.63, 3.8) is 0 Å². The Balaban J connectivity index is 2.58. The fourth-order valence-corrected chi connectivity index (χ4v) is 3.02. The first kappa shape index (κ1) is 11.3. The van der Waals surface area contributed by atoms with Crippen LogP contribution in [0.3, 0.4) is 0 Å². The first-order valence-corrected chi connectivity index (χ1v) is 6.30. The summed E-state index contributed by atoms with van der Waals surface area (Å²) in [5.74, 6) is -0.930. The summed E-state index contributed by atoms with van der Waals surface area (Å²) in [5.41, 5.74) is 1.07. The Bertz CT molecular complexity index is 553. The normalized spacial score (nSPS) is 10.6. The number of aromatic carboxylic acids is 1. The lowest BCUT2D eigenvalue weighted by molar-refractivity contribution is 0.0697. The van der Waals surface area contributed by atoms with E-state index in [-0.39, 0.29) is 5.56 Å². The van der Waals surface area contributed by atoms with Crippen molar-refractivity contribution in [3.05, 3.63) is 22.2 Å². The fourth-order valence-electron chi connectivity index (χ4n) is 1.34. The van der Waals surface area contributed by atoms with Gasteiger partial charge in [0.1, 0.15) is 0 Å². The van der Waals surface area contributed by atoms with Crippen molar-refractivity contribution in [2.75, 3.05) is 11.9 Å². The topological polar surface area (TPSA) is 62.2 Å². The van der Waals surface area contributed by atoms with Crippen LogP contribution in [0, 0.1) is 0 Å². The largest absolute Gasteiger partial charge is 0.478 e. The average molecular weight is 301 g/mol. The molecule has 0 radical (unpaired) electrons. The van der Waals surface area contributed by atoms with Gasteiger partial charge in [-0.1, -0.05) is 11.3 Å². The molecule has 0 spiro atoms. The summed E-state index contributed by atoms with van der Waals surface area (Å²) in [5, 5.41) is 12.8. The summed E-state index contributed by atoms with van der Waals surface area (Å²) in [4.78, 5) is 15.2. The molecule has 1 heterocycles. The van der Waals surface area contributed by atoms with Gasteiger partial charge < -0.3 is 10.4 Å². The molecule has 2 N–H and O–H groups in total. The second-order valence-corrected chi connectivity index (χ2v) is 5.04. The number of fused-ring (bicyclic) bond motifs is 1. The van der Waals surface area contributed by atoms with E-state index < -0.39 is 5.97 Å². The summed E-state index contributed by atoms with van der Waals surface area (Å²) in [7, 11) is 0. The first-order chi connectivity index (χ1) is 7.61. The third kappa shape index (κ3) is 2.03. The minimum atomic E-state index is -0.930. The van der Waals surface area contributed by atoms with Crippen molar-refractivity contribution in [2.45, 2.75) is 6.92 Å². The van der Waals surface area contributed by atoms with Gasteiger partial charge in [0, 0.05) is 11.0 Å². The number of thiazole rings is 1. The number of halogens is 1. The SMILES string of the molecule is CCNc1nc2c(Br)cc(C(=O)O)cc2s1. The number of rotatable bonds is 3. The van der Waals surface area contributed by atoms with E-state index in [2.05, 4.69) is 26.2 Å². The van der Waals surface area contributed by atoms with Crippen LogP contribution in [0.1, 0.15) is 17.3 Å². The molecule has 0 saturated carbocycles. The Morgan fingerprint density at radius 3 is 3.00 bits per heavy atom. The van der Waals surface area contributed by atoms with E-state index in [1.807, 2.05) is 6.92 Å². The highest BCUT2D eigenvalue weighted by Gasteiger charge is 2.11. The third-order valence-electron chi connectivity index (χ3n) is 2.02. The Labute approximate surface area is 104 Å². The number of nitrogens with zero attached hydrogens (tertiary/aromatic N) is 1. The predicted octanol–water partition coefficient (Wildman–Crippen LogP) is 3.19. The van der Waals surface area contributed by atoms with Gasteiger partial charge in [-0.3, -0.25) is 0 Å². The van der Waals surface area contributed by atoms with Gasteiger partial charge in [0.05, 0.1) is 15.8 Å². The minimum Gasteiger partial charge on any atom is -0.478 e. The molecule has 0 atom stereocenters. The fraction of sp³-hybridized carbons (Fsp3) is 0.200. The van der Waals surface area contributed by atoms with Gasteiger partial charge in [-0.05, 0) is 35.0 Å². The summed E-state index contributed by atoms with van der Waals surface area (Å²) >= 11 is 4.79. The number of nitrogens with one attached hydrogen (secondary N) is 1. The number of anilines is 1. The zero-order chi connectivity index (χ0) is 11.7. The summed E-state index contributed by atoms with van der Waals surface area (Å²) in [6.45, 7) is 2.78. The molecule has 0 saturated heterocycles.